The minimum atomic E-state index is -0.856. The second-order valence-corrected chi connectivity index (χ2v) is 5.30. The normalized spacial score (nSPS) is 51.2. The third kappa shape index (κ3) is 0.937. The van der Waals surface area contributed by atoms with Gasteiger partial charge in [0.15, 0.2) is 0 Å². The highest BCUT2D eigenvalue weighted by Crippen LogP contribution is 2.56. The smallest absolute Gasteiger partial charge is 0.228 e. The maximum atomic E-state index is 11.9. The SMILES string of the molecule is O=C1NC2(O)CCC3CCCCC13C2. The molecule has 78 valence electrons. The molecule has 3 aliphatic rings. The highest BCUT2D eigenvalue weighted by molar-refractivity contribution is 5.86. The van der Waals surface area contributed by atoms with E-state index in [9.17, 15) is 9.90 Å². The van der Waals surface area contributed by atoms with Gasteiger partial charge in [0.2, 0.25) is 5.91 Å². The molecule has 3 heteroatoms. The van der Waals surface area contributed by atoms with E-state index < -0.39 is 5.72 Å². The van der Waals surface area contributed by atoms with Gasteiger partial charge in [-0.05, 0) is 31.6 Å². The predicted molar refractivity (Wildman–Crippen MR) is 51.3 cm³/mol. The van der Waals surface area contributed by atoms with Crippen molar-refractivity contribution in [1.29, 1.82) is 0 Å². The van der Waals surface area contributed by atoms with E-state index in [4.69, 9.17) is 0 Å². The van der Waals surface area contributed by atoms with E-state index in [0.29, 0.717) is 12.3 Å². The number of carbonyl (C=O) groups excluding carboxylic acids is 1. The van der Waals surface area contributed by atoms with Gasteiger partial charge in [-0.2, -0.15) is 0 Å². The van der Waals surface area contributed by atoms with Crippen LogP contribution in [0, 0.1) is 11.3 Å². The lowest BCUT2D eigenvalue weighted by molar-refractivity contribution is -0.132. The average Bonchev–Trinajstić information content (AvgIpc) is 2.34. The molecule has 1 aliphatic heterocycles. The summed E-state index contributed by atoms with van der Waals surface area (Å²) in [6.07, 6.45) is 7.04. The largest absolute Gasteiger partial charge is 0.371 e. The Morgan fingerprint density at radius 3 is 3.00 bits per heavy atom. The Bertz CT molecular complexity index is 291. The van der Waals surface area contributed by atoms with E-state index in [-0.39, 0.29) is 11.3 Å². The first kappa shape index (κ1) is 8.72. The molecule has 3 fully saturated rings. The highest BCUT2D eigenvalue weighted by Gasteiger charge is 2.60. The molecule has 2 aliphatic carbocycles. The number of hydrogen-bond acceptors (Lipinski definition) is 2. The van der Waals surface area contributed by atoms with Crippen LogP contribution in [0.1, 0.15) is 44.9 Å². The van der Waals surface area contributed by atoms with Crippen molar-refractivity contribution in [1.82, 2.24) is 5.32 Å². The van der Waals surface area contributed by atoms with Crippen LogP contribution in [0.2, 0.25) is 0 Å². The first-order valence-electron chi connectivity index (χ1n) is 5.70. The molecule has 0 aromatic carbocycles. The molecule has 1 spiro atoms. The molecular formula is C11H17NO2. The van der Waals surface area contributed by atoms with Crippen molar-refractivity contribution in [2.24, 2.45) is 11.3 Å². The van der Waals surface area contributed by atoms with Gasteiger partial charge in [0.25, 0.3) is 0 Å². The van der Waals surface area contributed by atoms with Gasteiger partial charge in [-0.25, -0.2) is 0 Å². The second-order valence-electron chi connectivity index (χ2n) is 5.30. The molecule has 2 bridgehead atoms. The number of rotatable bonds is 0. The lowest BCUT2D eigenvalue weighted by Gasteiger charge is -2.43. The zero-order valence-corrected chi connectivity index (χ0v) is 8.38. The highest BCUT2D eigenvalue weighted by atomic mass is 16.3. The van der Waals surface area contributed by atoms with Crippen molar-refractivity contribution in [3.63, 3.8) is 0 Å². The molecule has 2 saturated carbocycles. The molecule has 14 heavy (non-hydrogen) atoms. The Kier molecular flexibility index (Phi) is 1.56. The van der Waals surface area contributed by atoms with Gasteiger partial charge in [0, 0.05) is 6.42 Å². The molecule has 3 rings (SSSR count). The van der Waals surface area contributed by atoms with E-state index in [2.05, 4.69) is 5.32 Å². The standard InChI is InChI=1S/C11H17NO2/c13-9-10-5-2-1-3-8(10)4-6-11(14,7-10)12-9/h8,14H,1-7H2,(H,12,13). The Balaban J connectivity index is 2.00. The van der Waals surface area contributed by atoms with E-state index in [1.54, 1.807) is 0 Å². The van der Waals surface area contributed by atoms with E-state index in [1.165, 1.54) is 12.8 Å². The second kappa shape index (κ2) is 2.51. The summed E-state index contributed by atoms with van der Waals surface area (Å²) in [4.78, 5) is 11.9. The van der Waals surface area contributed by atoms with Crippen LogP contribution >= 0.6 is 0 Å². The van der Waals surface area contributed by atoms with Crippen molar-refractivity contribution >= 4 is 5.91 Å². The topological polar surface area (TPSA) is 49.3 Å². The fraction of sp³-hybridized carbons (Fsp3) is 0.909. The average molecular weight is 195 g/mol. The van der Waals surface area contributed by atoms with Crippen LogP contribution in [0.5, 0.6) is 0 Å². The Hall–Kier alpha value is -0.570. The fourth-order valence-corrected chi connectivity index (χ4v) is 3.81. The van der Waals surface area contributed by atoms with Gasteiger partial charge < -0.3 is 10.4 Å². The van der Waals surface area contributed by atoms with Crippen LogP contribution < -0.4 is 5.32 Å². The molecule has 2 N–H and O–H groups in total. The quantitative estimate of drug-likeness (QED) is 0.609. The number of aliphatic hydroxyl groups is 1. The molecule has 3 unspecified atom stereocenters. The number of hydrogen-bond donors (Lipinski definition) is 2. The number of carbonyl (C=O) groups is 1. The van der Waals surface area contributed by atoms with Gasteiger partial charge >= 0.3 is 0 Å². The van der Waals surface area contributed by atoms with Crippen LogP contribution in [-0.2, 0) is 4.79 Å². The summed E-state index contributed by atoms with van der Waals surface area (Å²) in [7, 11) is 0. The Morgan fingerprint density at radius 1 is 1.29 bits per heavy atom. The number of amides is 1. The van der Waals surface area contributed by atoms with Gasteiger partial charge in [0.1, 0.15) is 5.72 Å². The fourth-order valence-electron chi connectivity index (χ4n) is 3.81. The number of nitrogens with one attached hydrogen (secondary N) is 1. The van der Waals surface area contributed by atoms with E-state index in [0.717, 1.165) is 25.7 Å². The summed E-state index contributed by atoms with van der Waals surface area (Å²) in [5.41, 5.74) is -1.05. The lowest BCUT2D eigenvalue weighted by atomic mass is 9.59. The maximum Gasteiger partial charge on any atom is 0.228 e. The molecular weight excluding hydrogens is 178 g/mol. The summed E-state index contributed by atoms with van der Waals surface area (Å²) < 4.78 is 0. The predicted octanol–water partition coefficient (Wildman–Crippen LogP) is 1.17. The maximum absolute atomic E-state index is 11.9. The third-order valence-electron chi connectivity index (χ3n) is 4.52. The molecule has 1 amide bonds. The van der Waals surface area contributed by atoms with E-state index >= 15 is 0 Å². The minimum Gasteiger partial charge on any atom is -0.371 e. The van der Waals surface area contributed by atoms with Crippen LogP contribution in [-0.4, -0.2) is 16.7 Å². The number of fused-ring (bicyclic) bond motifs is 1. The van der Waals surface area contributed by atoms with Crippen molar-refractivity contribution in [3.05, 3.63) is 0 Å². The monoisotopic (exact) mass is 195 g/mol. The van der Waals surface area contributed by atoms with Gasteiger partial charge in [-0.1, -0.05) is 12.8 Å². The van der Waals surface area contributed by atoms with Crippen LogP contribution in [0.25, 0.3) is 0 Å². The minimum absolute atomic E-state index is 0.127. The lowest BCUT2D eigenvalue weighted by Crippen LogP contribution is -2.43. The molecule has 0 radical (unpaired) electrons. The molecule has 1 saturated heterocycles. The van der Waals surface area contributed by atoms with Crippen molar-refractivity contribution in [2.45, 2.75) is 50.7 Å². The molecule has 0 aromatic rings. The van der Waals surface area contributed by atoms with Crippen molar-refractivity contribution in [3.8, 4) is 0 Å². The van der Waals surface area contributed by atoms with Crippen LogP contribution in [0.3, 0.4) is 0 Å². The molecule has 0 aromatic heterocycles. The molecule has 1 heterocycles. The van der Waals surface area contributed by atoms with Crippen LogP contribution in [0.4, 0.5) is 0 Å². The summed E-state index contributed by atoms with van der Waals surface area (Å²) in [6, 6.07) is 0. The van der Waals surface area contributed by atoms with Gasteiger partial charge in [-0.3, -0.25) is 4.79 Å². The first-order valence-corrected chi connectivity index (χ1v) is 5.70. The van der Waals surface area contributed by atoms with Gasteiger partial charge in [-0.15, -0.1) is 0 Å². The molecule has 3 nitrogen and oxygen atoms in total. The summed E-state index contributed by atoms with van der Waals surface area (Å²) in [6.45, 7) is 0. The first-order chi connectivity index (χ1) is 6.65. The summed E-state index contributed by atoms with van der Waals surface area (Å²) >= 11 is 0. The van der Waals surface area contributed by atoms with Crippen LogP contribution in [0.15, 0.2) is 0 Å². The Labute approximate surface area is 83.9 Å². The molecule has 3 atom stereocenters. The van der Waals surface area contributed by atoms with Gasteiger partial charge in [0.05, 0.1) is 5.41 Å². The van der Waals surface area contributed by atoms with Crippen molar-refractivity contribution in [2.75, 3.05) is 0 Å². The van der Waals surface area contributed by atoms with E-state index in [1.807, 2.05) is 0 Å². The Morgan fingerprint density at radius 2 is 2.14 bits per heavy atom. The van der Waals surface area contributed by atoms with Crippen molar-refractivity contribution < 1.29 is 9.90 Å². The zero-order chi connectivity index (χ0) is 9.81. The third-order valence-corrected chi connectivity index (χ3v) is 4.52. The summed E-state index contributed by atoms with van der Waals surface area (Å²) in [5, 5.41) is 12.9. The summed E-state index contributed by atoms with van der Waals surface area (Å²) in [5.74, 6) is 0.668. The zero-order valence-electron chi connectivity index (χ0n) is 8.38.